The van der Waals surface area contributed by atoms with Crippen LogP contribution >= 0.6 is 0 Å². The lowest BCUT2D eigenvalue weighted by Gasteiger charge is -2.36. The lowest BCUT2D eigenvalue weighted by Crippen LogP contribution is -2.42. The first-order valence-corrected chi connectivity index (χ1v) is 10.5. The number of aromatic nitrogens is 1. The summed E-state index contributed by atoms with van der Waals surface area (Å²) < 4.78 is 54.4. The molecule has 2 aromatic carbocycles. The van der Waals surface area contributed by atoms with Gasteiger partial charge in [0.25, 0.3) is 0 Å². The lowest BCUT2D eigenvalue weighted by molar-refractivity contribution is 0.296. The zero-order chi connectivity index (χ0) is 20.6. The second kappa shape index (κ2) is 7.53. The molecule has 29 heavy (non-hydrogen) atoms. The molecule has 0 amide bonds. The van der Waals surface area contributed by atoms with E-state index in [1.54, 1.807) is 19.2 Å². The smallest absolute Gasteiger partial charge is 0.244 e. The fourth-order valence-corrected chi connectivity index (χ4v) is 5.30. The Bertz CT molecular complexity index is 1130. The normalized spacial score (nSPS) is 17.0. The molecule has 152 valence electrons. The largest absolute Gasteiger partial charge is 0.493 e. The van der Waals surface area contributed by atoms with Gasteiger partial charge in [-0.05, 0) is 54.1 Å². The molecule has 0 saturated carbocycles. The third kappa shape index (κ3) is 3.38. The Labute approximate surface area is 169 Å². The summed E-state index contributed by atoms with van der Waals surface area (Å²) in [5.74, 6) is 0.608. The maximum Gasteiger partial charge on any atom is 0.244 e. The van der Waals surface area contributed by atoms with Gasteiger partial charge in [0.1, 0.15) is 5.82 Å². The summed E-state index contributed by atoms with van der Waals surface area (Å²) in [4.78, 5) is 0.0596. The predicted molar refractivity (Wildman–Crippen MR) is 106 cm³/mol. The summed E-state index contributed by atoms with van der Waals surface area (Å²) in [5.41, 5.74) is 1.61. The topological polar surface area (TPSA) is 60.8 Å². The molecule has 1 aliphatic rings. The van der Waals surface area contributed by atoms with Crippen molar-refractivity contribution in [3.05, 3.63) is 77.9 Å². The highest BCUT2D eigenvalue weighted by Crippen LogP contribution is 2.39. The van der Waals surface area contributed by atoms with Crippen molar-refractivity contribution < 1.29 is 22.3 Å². The molecule has 4 rings (SSSR count). The minimum absolute atomic E-state index is 0.0596. The minimum Gasteiger partial charge on any atom is -0.493 e. The molecule has 3 aromatic rings. The molecule has 6 nitrogen and oxygen atoms in total. The van der Waals surface area contributed by atoms with Crippen molar-refractivity contribution in [1.82, 2.24) is 8.87 Å². The molecule has 0 fully saturated rings. The second-order valence-electron chi connectivity index (χ2n) is 6.71. The Morgan fingerprint density at radius 2 is 1.69 bits per heavy atom. The van der Waals surface area contributed by atoms with Gasteiger partial charge in [0.2, 0.25) is 10.0 Å². The van der Waals surface area contributed by atoms with Crippen molar-refractivity contribution in [1.29, 1.82) is 0 Å². The quantitative estimate of drug-likeness (QED) is 0.639. The molecule has 1 aromatic heterocycles. The average molecular weight is 416 g/mol. The van der Waals surface area contributed by atoms with Gasteiger partial charge in [-0.15, -0.1) is 0 Å². The Morgan fingerprint density at radius 3 is 2.38 bits per heavy atom. The average Bonchev–Trinajstić information content (AvgIpc) is 3.21. The van der Waals surface area contributed by atoms with Gasteiger partial charge in [0, 0.05) is 25.0 Å². The van der Waals surface area contributed by atoms with Gasteiger partial charge in [-0.2, -0.15) is 4.31 Å². The first kappa shape index (κ1) is 19.5. The Kier molecular flexibility index (Phi) is 5.06. The number of nitrogens with zero attached hydrogens (tertiary/aromatic N) is 2. The maximum atomic E-state index is 13.4. The van der Waals surface area contributed by atoms with Gasteiger partial charge in [0.15, 0.2) is 11.5 Å². The van der Waals surface area contributed by atoms with Crippen LogP contribution in [0.15, 0.2) is 65.7 Å². The molecule has 8 heteroatoms. The van der Waals surface area contributed by atoms with Crippen molar-refractivity contribution in [2.75, 3.05) is 20.8 Å². The number of ether oxygens (including phenoxy) is 2. The van der Waals surface area contributed by atoms with Crippen molar-refractivity contribution in [3.8, 4) is 11.5 Å². The number of halogens is 1. The van der Waals surface area contributed by atoms with E-state index in [1.807, 2.05) is 29.0 Å². The van der Waals surface area contributed by atoms with E-state index < -0.39 is 21.9 Å². The SMILES string of the molecule is COc1ccc(C2c3cccn3CCN2S(=O)(=O)c2ccc(F)cc2)cc1OC. The zero-order valence-electron chi connectivity index (χ0n) is 16.1. The summed E-state index contributed by atoms with van der Waals surface area (Å²) in [6.07, 6.45) is 1.94. The Balaban J connectivity index is 1.85. The summed E-state index contributed by atoms with van der Waals surface area (Å²) in [6.45, 7) is 0.826. The van der Waals surface area contributed by atoms with Crippen LogP contribution in [0.2, 0.25) is 0 Å². The molecular formula is C21H21FN2O4S. The van der Waals surface area contributed by atoms with Gasteiger partial charge in [0.05, 0.1) is 25.2 Å². The molecule has 0 bridgehead atoms. The first-order valence-electron chi connectivity index (χ1n) is 9.10. The molecule has 1 atom stereocenters. The van der Waals surface area contributed by atoms with E-state index in [4.69, 9.17) is 9.47 Å². The Hall–Kier alpha value is -2.84. The molecular weight excluding hydrogens is 395 g/mol. The molecule has 0 N–H and O–H groups in total. The van der Waals surface area contributed by atoms with E-state index in [2.05, 4.69) is 0 Å². The summed E-state index contributed by atoms with van der Waals surface area (Å²) in [7, 11) is -0.761. The van der Waals surface area contributed by atoms with Crippen LogP contribution in [-0.4, -0.2) is 38.1 Å². The number of fused-ring (bicyclic) bond motifs is 1. The number of hydrogen-bond acceptors (Lipinski definition) is 4. The van der Waals surface area contributed by atoms with Crippen LogP contribution in [0.5, 0.6) is 11.5 Å². The van der Waals surface area contributed by atoms with E-state index in [0.717, 1.165) is 23.4 Å². The molecule has 2 heterocycles. The zero-order valence-corrected chi connectivity index (χ0v) is 16.9. The molecule has 0 spiro atoms. The first-order chi connectivity index (χ1) is 14.0. The third-order valence-electron chi connectivity index (χ3n) is 5.14. The molecule has 0 saturated heterocycles. The minimum atomic E-state index is -3.85. The molecule has 0 aliphatic carbocycles. The van der Waals surface area contributed by atoms with Crippen molar-refractivity contribution in [3.63, 3.8) is 0 Å². The standard InChI is InChI=1S/C21H21FN2O4S/c1-27-19-10-5-15(14-20(19)28-2)21-18-4-3-11-23(18)12-13-24(21)29(25,26)17-8-6-16(22)7-9-17/h3-11,14,21H,12-13H2,1-2H3. The van der Waals surface area contributed by atoms with E-state index in [1.165, 1.54) is 23.5 Å². The van der Waals surface area contributed by atoms with E-state index in [9.17, 15) is 12.8 Å². The van der Waals surface area contributed by atoms with Crippen LogP contribution in [0, 0.1) is 5.82 Å². The molecule has 1 aliphatic heterocycles. The fourth-order valence-electron chi connectivity index (χ4n) is 3.72. The molecule has 0 radical (unpaired) electrons. The van der Waals surface area contributed by atoms with E-state index in [-0.39, 0.29) is 4.90 Å². The number of methoxy groups -OCH3 is 2. The second-order valence-corrected chi connectivity index (χ2v) is 8.60. The van der Waals surface area contributed by atoms with Gasteiger partial charge in [-0.25, -0.2) is 12.8 Å². The number of sulfonamides is 1. The van der Waals surface area contributed by atoms with Gasteiger partial charge in [-0.1, -0.05) is 6.07 Å². The number of hydrogen-bond donors (Lipinski definition) is 0. The highest BCUT2D eigenvalue weighted by atomic mass is 32.2. The predicted octanol–water partition coefficient (Wildman–Crippen LogP) is 3.44. The van der Waals surface area contributed by atoms with E-state index >= 15 is 0 Å². The van der Waals surface area contributed by atoms with Crippen LogP contribution in [0.1, 0.15) is 17.3 Å². The number of rotatable bonds is 5. The third-order valence-corrected chi connectivity index (χ3v) is 7.02. The van der Waals surface area contributed by atoms with Gasteiger partial charge < -0.3 is 14.0 Å². The number of benzene rings is 2. The van der Waals surface area contributed by atoms with Crippen LogP contribution in [0.25, 0.3) is 0 Å². The van der Waals surface area contributed by atoms with Gasteiger partial charge >= 0.3 is 0 Å². The summed E-state index contributed by atoms with van der Waals surface area (Å²) in [6, 6.07) is 13.6. The highest BCUT2D eigenvalue weighted by molar-refractivity contribution is 7.89. The summed E-state index contributed by atoms with van der Waals surface area (Å²) in [5, 5.41) is 0. The van der Waals surface area contributed by atoms with Crippen molar-refractivity contribution in [2.45, 2.75) is 17.5 Å². The van der Waals surface area contributed by atoms with Crippen LogP contribution < -0.4 is 9.47 Å². The Morgan fingerprint density at radius 1 is 0.966 bits per heavy atom. The van der Waals surface area contributed by atoms with Crippen molar-refractivity contribution in [2.24, 2.45) is 0 Å². The summed E-state index contributed by atoms with van der Waals surface area (Å²) >= 11 is 0. The monoisotopic (exact) mass is 416 g/mol. The maximum absolute atomic E-state index is 13.4. The van der Waals surface area contributed by atoms with Crippen molar-refractivity contribution >= 4 is 10.0 Å². The highest BCUT2D eigenvalue weighted by Gasteiger charge is 2.38. The lowest BCUT2D eigenvalue weighted by atomic mass is 10.0. The van der Waals surface area contributed by atoms with Crippen LogP contribution in [0.3, 0.4) is 0 Å². The van der Waals surface area contributed by atoms with Crippen LogP contribution in [0.4, 0.5) is 4.39 Å². The van der Waals surface area contributed by atoms with Gasteiger partial charge in [-0.3, -0.25) is 0 Å². The molecule has 1 unspecified atom stereocenters. The van der Waals surface area contributed by atoms with E-state index in [0.29, 0.717) is 24.6 Å². The van der Waals surface area contributed by atoms with Crippen LogP contribution in [-0.2, 0) is 16.6 Å². The fraction of sp³-hybridized carbons (Fsp3) is 0.238.